The topological polar surface area (TPSA) is 127 Å². The number of hydrogen-bond donors (Lipinski definition) is 2. The van der Waals surface area contributed by atoms with Crippen LogP contribution in [0.3, 0.4) is 0 Å². The van der Waals surface area contributed by atoms with Gasteiger partial charge in [-0.25, -0.2) is 0 Å². The lowest BCUT2D eigenvalue weighted by atomic mass is 9.78. The number of carbonyl (C=O) groups is 3. The van der Waals surface area contributed by atoms with Crippen molar-refractivity contribution in [2.75, 3.05) is 47.9 Å². The zero-order valence-corrected chi connectivity index (χ0v) is 25.1. The second-order valence-electron chi connectivity index (χ2n) is 12.5. The van der Waals surface area contributed by atoms with Crippen molar-refractivity contribution in [3.05, 3.63) is 0 Å². The molecule has 1 spiro atoms. The average molecular weight is 556 g/mol. The van der Waals surface area contributed by atoms with Crippen LogP contribution in [0, 0.1) is 17.8 Å². The molecule has 1 amide bonds. The Morgan fingerprint density at radius 1 is 1.15 bits per heavy atom. The van der Waals surface area contributed by atoms with Crippen LogP contribution in [0.25, 0.3) is 0 Å². The Kier molecular flexibility index (Phi) is 10.2. The van der Waals surface area contributed by atoms with Crippen LogP contribution < -0.4 is 5.32 Å². The lowest BCUT2D eigenvalue weighted by Crippen LogP contribution is -2.59. The van der Waals surface area contributed by atoms with Crippen molar-refractivity contribution in [3.8, 4) is 0 Å². The summed E-state index contributed by atoms with van der Waals surface area (Å²) in [5.41, 5.74) is -2.29. The van der Waals surface area contributed by atoms with E-state index in [9.17, 15) is 19.5 Å². The molecule has 0 aromatic rings. The smallest absolute Gasteiger partial charge is 0.317 e. The summed E-state index contributed by atoms with van der Waals surface area (Å²) in [6.07, 6.45) is -1.44. The first-order valence-electron chi connectivity index (χ1n) is 14.1. The summed E-state index contributed by atoms with van der Waals surface area (Å²) in [5.74, 6) is -3.33. The standard InChI is InChI=1S/C28H49N3O8/c1-16-13-27(5,36-9)23(38-25-22(33)20(30(6)7)12-17(2)37-25)18(3)21(32)19(4)24(34)39-28(15-31(8)14-16)10-11-29-26(28)35/h16-20,22-23,25,33H,10-15H2,1-9H3,(H,29,35)/t16-,17-,18+,19?,20+,22-,23-,25+,27-,28?/m1/s1. The fourth-order valence-corrected chi connectivity index (χ4v) is 6.57. The molecule has 10 atom stereocenters. The molecule has 11 heteroatoms. The highest BCUT2D eigenvalue weighted by molar-refractivity contribution is 6.01. The molecule has 0 saturated carbocycles. The molecule has 3 aliphatic rings. The third kappa shape index (κ3) is 6.82. The number of ketones is 1. The minimum atomic E-state index is -1.34. The van der Waals surface area contributed by atoms with Crippen LogP contribution in [0.2, 0.25) is 0 Å². The normalized spacial score (nSPS) is 43.5. The molecule has 0 aromatic carbocycles. The van der Waals surface area contributed by atoms with Crippen molar-refractivity contribution in [2.24, 2.45) is 17.8 Å². The summed E-state index contributed by atoms with van der Waals surface area (Å²) in [7, 11) is 7.27. The first-order valence-corrected chi connectivity index (χ1v) is 14.1. The van der Waals surface area contributed by atoms with Crippen LogP contribution in [0.1, 0.15) is 53.9 Å². The van der Waals surface area contributed by atoms with Crippen molar-refractivity contribution < 1.29 is 38.4 Å². The number of methoxy groups -OCH3 is 1. The van der Waals surface area contributed by atoms with Gasteiger partial charge in [-0.15, -0.1) is 0 Å². The van der Waals surface area contributed by atoms with Gasteiger partial charge in [0, 0.05) is 45.1 Å². The van der Waals surface area contributed by atoms with Gasteiger partial charge in [0.15, 0.2) is 12.1 Å². The lowest BCUT2D eigenvalue weighted by molar-refractivity contribution is -0.295. The highest BCUT2D eigenvalue weighted by Crippen LogP contribution is 2.37. The molecule has 224 valence electrons. The Morgan fingerprint density at radius 3 is 2.38 bits per heavy atom. The Bertz CT molecular complexity index is 902. The van der Waals surface area contributed by atoms with Gasteiger partial charge < -0.3 is 39.2 Å². The molecule has 0 aromatic heterocycles. The average Bonchev–Trinajstić information content (AvgIpc) is 3.20. The van der Waals surface area contributed by atoms with Gasteiger partial charge in [-0.3, -0.25) is 14.4 Å². The summed E-state index contributed by atoms with van der Waals surface area (Å²) in [5, 5.41) is 14.0. The Hall–Kier alpha value is -1.63. The van der Waals surface area contributed by atoms with E-state index in [0.29, 0.717) is 32.4 Å². The third-order valence-corrected chi connectivity index (χ3v) is 8.73. The minimum absolute atomic E-state index is 0.0642. The molecule has 3 heterocycles. The van der Waals surface area contributed by atoms with Crippen LogP contribution >= 0.6 is 0 Å². The molecular weight excluding hydrogens is 506 g/mol. The maximum Gasteiger partial charge on any atom is 0.317 e. The molecule has 3 aliphatic heterocycles. The van der Waals surface area contributed by atoms with Gasteiger partial charge in [0.05, 0.1) is 17.8 Å². The van der Waals surface area contributed by atoms with E-state index >= 15 is 0 Å². The van der Waals surface area contributed by atoms with E-state index in [1.165, 1.54) is 6.92 Å². The predicted molar refractivity (Wildman–Crippen MR) is 144 cm³/mol. The zero-order chi connectivity index (χ0) is 29.3. The summed E-state index contributed by atoms with van der Waals surface area (Å²) in [6.45, 7) is 10.3. The molecule has 2 unspecified atom stereocenters. The number of amides is 1. The maximum absolute atomic E-state index is 13.8. The number of hydrogen-bond acceptors (Lipinski definition) is 10. The number of nitrogens with zero attached hydrogens (tertiary/aromatic N) is 2. The summed E-state index contributed by atoms with van der Waals surface area (Å²) >= 11 is 0. The maximum atomic E-state index is 13.8. The number of ether oxygens (including phenoxy) is 4. The van der Waals surface area contributed by atoms with Gasteiger partial charge in [0.25, 0.3) is 5.91 Å². The van der Waals surface area contributed by atoms with E-state index in [-0.39, 0.29) is 36.3 Å². The summed E-state index contributed by atoms with van der Waals surface area (Å²) < 4.78 is 24.5. The van der Waals surface area contributed by atoms with E-state index in [4.69, 9.17) is 18.9 Å². The number of nitrogens with one attached hydrogen (secondary N) is 1. The number of rotatable bonds is 4. The number of aliphatic hydroxyl groups is 1. The summed E-state index contributed by atoms with van der Waals surface area (Å²) in [4.78, 5) is 43.9. The van der Waals surface area contributed by atoms with Crippen LogP contribution in [-0.2, 0) is 33.3 Å². The van der Waals surface area contributed by atoms with Crippen molar-refractivity contribution in [2.45, 2.75) is 95.7 Å². The van der Waals surface area contributed by atoms with Crippen LogP contribution in [0.15, 0.2) is 0 Å². The second-order valence-corrected chi connectivity index (χ2v) is 12.5. The van der Waals surface area contributed by atoms with E-state index in [1.807, 2.05) is 44.8 Å². The van der Waals surface area contributed by atoms with Crippen molar-refractivity contribution >= 4 is 17.7 Å². The van der Waals surface area contributed by atoms with Crippen molar-refractivity contribution in [1.82, 2.24) is 15.1 Å². The lowest BCUT2D eigenvalue weighted by Gasteiger charge is -2.46. The van der Waals surface area contributed by atoms with E-state index in [0.717, 1.165) is 0 Å². The number of Topliss-reactive ketones (excluding diaryl/α,β-unsaturated/α-hetero) is 1. The number of likely N-dealkylation sites (N-methyl/N-ethyl adjacent to an activating group) is 2. The van der Waals surface area contributed by atoms with Gasteiger partial charge in [-0.1, -0.05) is 13.8 Å². The van der Waals surface area contributed by atoms with Gasteiger partial charge in [-0.2, -0.15) is 0 Å². The largest absolute Gasteiger partial charge is 0.447 e. The molecule has 0 radical (unpaired) electrons. The number of carbonyl (C=O) groups excluding carboxylic acids is 3. The first-order chi connectivity index (χ1) is 18.1. The fourth-order valence-electron chi connectivity index (χ4n) is 6.57. The van der Waals surface area contributed by atoms with Gasteiger partial charge in [0.2, 0.25) is 5.60 Å². The van der Waals surface area contributed by atoms with Crippen LogP contribution in [-0.4, -0.2) is 122 Å². The van der Waals surface area contributed by atoms with Gasteiger partial charge >= 0.3 is 5.97 Å². The molecule has 3 fully saturated rings. The van der Waals surface area contributed by atoms with E-state index in [2.05, 4.69) is 12.2 Å². The van der Waals surface area contributed by atoms with Crippen LogP contribution in [0.4, 0.5) is 0 Å². The van der Waals surface area contributed by atoms with E-state index in [1.54, 1.807) is 14.0 Å². The first kappa shape index (κ1) is 31.9. The Labute approximate surface area is 232 Å². The quantitative estimate of drug-likeness (QED) is 0.380. The van der Waals surface area contributed by atoms with Crippen LogP contribution in [0.5, 0.6) is 0 Å². The molecule has 3 saturated heterocycles. The Balaban J connectivity index is 1.99. The Morgan fingerprint density at radius 2 is 1.82 bits per heavy atom. The highest BCUT2D eigenvalue weighted by Gasteiger charge is 2.52. The molecule has 0 aliphatic carbocycles. The van der Waals surface area contributed by atoms with Crippen molar-refractivity contribution in [1.29, 1.82) is 0 Å². The predicted octanol–water partition coefficient (Wildman–Crippen LogP) is 0.818. The molecule has 2 N–H and O–H groups in total. The number of esters is 1. The highest BCUT2D eigenvalue weighted by atomic mass is 16.7. The molecule has 3 rings (SSSR count). The van der Waals surface area contributed by atoms with Crippen molar-refractivity contribution in [3.63, 3.8) is 0 Å². The fraction of sp³-hybridized carbons (Fsp3) is 0.893. The number of aliphatic hydroxyl groups excluding tert-OH is 1. The van der Waals surface area contributed by atoms with Gasteiger partial charge in [-0.05, 0) is 60.7 Å². The third-order valence-electron chi connectivity index (χ3n) is 8.73. The minimum Gasteiger partial charge on any atom is -0.447 e. The van der Waals surface area contributed by atoms with Gasteiger partial charge in [0.1, 0.15) is 12.0 Å². The zero-order valence-electron chi connectivity index (χ0n) is 25.1. The summed E-state index contributed by atoms with van der Waals surface area (Å²) in [6, 6.07) is -0.191. The van der Waals surface area contributed by atoms with E-state index < -0.39 is 47.5 Å². The molecular formula is C28H49N3O8. The SMILES string of the molecule is CO[C@]1(C)C[C@@H](C)CN(C)CC2(CCNC2=O)OC(=O)C(C)C(=O)[C@H](C)[C@H]1O[C@@H]1O[C@H](C)C[C@H](N(C)C)[C@H]1O. The molecule has 0 bridgehead atoms. The second kappa shape index (κ2) is 12.5. The monoisotopic (exact) mass is 555 g/mol. The molecule has 11 nitrogen and oxygen atoms in total. The molecule has 39 heavy (non-hydrogen) atoms.